The highest BCUT2D eigenvalue weighted by Crippen LogP contribution is 2.17. The van der Waals surface area contributed by atoms with E-state index in [0.29, 0.717) is 31.0 Å². The number of pyridine rings is 2. The summed E-state index contributed by atoms with van der Waals surface area (Å²) in [6.45, 7) is 2.20. The Morgan fingerprint density at radius 3 is 2.41 bits per heavy atom. The van der Waals surface area contributed by atoms with Crippen LogP contribution in [0.4, 0.5) is 16.2 Å². The van der Waals surface area contributed by atoms with Crippen LogP contribution in [0.25, 0.3) is 0 Å². The predicted molar refractivity (Wildman–Crippen MR) is 133 cm³/mol. The van der Waals surface area contributed by atoms with E-state index < -0.39 is 0 Å². The van der Waals surface area contributed by atoms with Crippen LogP contribution in [0.5, 0.6) is 0 Å². The van der Waals surface area contributed by atoms with Crippen molar-refractivity contribution in [3.8, 4) is 0 Å². The number of nitrogens with two attached hydrogens (primary N) is 1. The zero-order valence-corrected chi connectivity index (χ0v) is 19.6. The molecule has 0 spiro atoms. The van der Waals surface area contributed by atoms with Crippen molar-refractivity contribution in [1.82, 2.24) is 25.1 Å². The minimum Gasteiger partial charge on any atom is -0.397 e. The minimum absolute atomic E-state index is 0.141. The van der Waals surface area contributed by atoms with Crippen molar-refractivity contribution in [1.29, 1.82) is 0 Å². The Hall–Kier alpha value is -3.98. The first-order valence-corrected chi connectivity index (χ1v) is 11.1. The molecule has 0 bridgehead atoms. The largest absolute Gasteiger partial charge is 0.397 e. The number of carbonyl (C=O) groups is 2. The van der Waals surface area contributed by atoms with Gasteiger partial charge in [-0.2, -0.15) is 0 Å². The van der Waals surface area contributed by atoms with E-state index in [1.165, 1.54) is 0 Å². The van der Waals surface area contributed by atoms with E-state index in [0.717, 1.165) is 24.1 Å². The van der Waals surface area contributed by atoms with Gasteiger partial charge in [0.05, 0.1) is 11.4 Å². The van der Waals surface area contributed by atoms with Crippen LogP contribution in [0.3, 0.4) is 0 Å². The normalized spacial score (nSPS) is 10.7. The molecule has 9 heteroatoms. The van der Waals surface area contributed by atoms with Crippen LogP contribution in [0.2, 0.25) is 0 Å². The summed E-state index contributed by atoms with van der Waals surface area (Å²) in [5.74, 6) is -0.345. The van der Waals surface area contributed by atoms with Gasteiger partial charge in [-0.3, -0.25) is 14.8 Å². The summed E-state index contributed by atoms with van der Waals surface area (Å²) in [5.41, 5.74) is 9.13. The smallest absolute Gasteiger partial charge is 0.317 e. The van der Waals surface area contributed by atoms with E-state index in [4.69, 9.17) is 5.73 Å². The molecule has 9 nitrogen and oxygen atoms in total. The molecule has 34 heavy (non-hydrogen) atoms. The number of anilines is 2. The summed E-state index contributed by atoms with van der Waals surface area (Å²) < 4.78 is 0. The molecule has 0 saturated carbocycles. The number of urea groups is 1. The zero-order chi connectivity index (χ0) is 24.3. The number of hydrogen-bond acceptors (Lipinski definition) is 6. The van der Waals surface area contributed by atoms with Gasteiger partial charge in [-0.15, -0.1) is 0 Å². The van der Waals surface area contributed by atoms with Crippen molar-refractivity contribution in [2.75, 3.05) is 44.8 Å². The molecule has 0 unspecified atom stereocenters. The monoisotopic (exact) mass is 461 g/mol. The van der Waals surface area contributed by atoms with Gasteiger partial charge in [0.15, 0.2) is 0 Å². The van der Waals surface area contributed by atoms with E-state index in [9.17, 15) is 9.59 Å². The fraction of sp³-hybridized carbons (Fsp3) is 0.280. The maximum atomic E-state index is 12.8. The molecule has 0 radical (unpaired) electrons. The Morgan fingerprint density at radius 1 is 0.971 bits per heavy atom. The van der Waals surface area contributed by atoms with Gasteiger partial charge in [-0.25, -0.2) is 4.79 Å². The van der Waals surface area contributed by atoms with E-state index >= 15 is 0 Å². The van der Waals surface area contributed by atoms with Gasteiger partial charge < -0.3 is 26.2 Å². The number of carbonyl (C=O) groups excluding carboxylic acids is 2. The average molecular weight is 462 g/mol. The maximum absolute atomic E-state index is 12.8. The second-order valence-electron chi connectivity index (χ2n) is 8.16. The third-order valence-electron chi connectivity index (χ3n) is 5.18. The fourth-order valence-corrected chi connectivity index (χ4v) is 3.22. The Bertz CT molecular complexity index is 1070. The standard InChI is InChI=1S/C25H31N7O2/c1-31(2)15-16-32(25(34)28-14-11-19-9-12-27-13-10-19)18-20-7-8-23(29-17-20)24(33)30-22-6-4-3-5-21(22)26/h3-10,12-13,17H,11,14-16,18,26H2,1-2H3,(H,28,34)(H,30,33). The van der Waals surface area contributed by atoms with Crippen molar-refractivity contribution in [3.63, 3.8) is 0 Å². The SMILES string of the molecule is CN(C)CCN(Cc1ccc(C(=O)Nc2ccccc2N)nc1)C(=O)NCCc1ccncc1. The first kappa shape index (κ1) is 24.7. The molecule has 2 aromatic heterocycles. The number of hydrogen-bond donors (Lipinski definition) is 3. The molecule has 0 aliphatic rings. The highest BCUT2D eigenvalue weighted by Gasteiger charge is 2.15. The number of nitrogen functional groups attached to an aromatic ring is 1. The average Bonchev–Trinajstić information content (AvgIpc) is 2.84. The molecular formula is C25H31N7O2. The Morgan fingerprint density at radius 2 is 1.74 bits per heavy atom. The predicted octanol–water partition coefficient (Wildman–Crippen LogP) is 2.63. The van der Waals surface area contributed by atoms with Gasteiger partial charge in [-0.1, -0.05) is 18.2 Å². The summed E-state index contributed by atoms with van der Waals surface area (Å²) in [5, 5.41) is 5.75. The molecule has 0 atom stereocenters. The molecule has 2 heterocycles. The number of amides is 3. The zero-order valence-electron chi connectivity index (χ0n) is 19.6. The summed E-state index contributed by atoms with van der Waals surface area (Å²) in [4.78, 5) is 37.4. The second kappa shape index (κ2) is 12.3. The molecule has 0 aliphatic carbocycles. The van der Waals surface area contributed by atoms with Crippen LogP contribution >= 0.6 is 0 Å². The molecule has 4 N–H and O–H groups in total. The Kier molecular flexibility index (Phi) is 8.93. The van der Waals surface area contributed by atoms with Gasteiger partial charge in [0.25, 0.3) is 5.91 Å². The van der Waals surface area contributed by atoms with Crippen LogP contribution in [-0.2, 0) is 13.0 Å². The Balaban J connectivity index is 1.59. The van der Waals surface area contributed by atoms with Crippen LogP contribution in [0.1, 0.15) is 21.6 Å². The Labute approximate surface area is 200 Å². The number of likely N-dealkylation sites (N-methyl/N-ethyl adjacent to an activating group) is 1. The minimum atomic E-state index is -0.345. The van der Waals surface area contributed by atoms with Crippen LogP contribution < -0.4 is 16.4 Å². The number of para-hydroxylation sites is 2. The van der Waals surface area contributed by atoms with E-state index in [1.54, 1.807) is 53.8 Å². The lowest BCUT2D eigenvalue weighted by molar-refractivity contribution is 0.102. The molecule has 0 aliphatic heterocycles. The fourth-order valence-electron chi connectivity index (χ4n) is 3.22. The highest BCUT2D eigenvalue weighted by atomic mass is 16.2. The third kappa shape index (κ3) is 7.56. The topological polar surface area (TPSA) is 116 Å². The summed E-state index contributed by atoms with van der Waals surface area (Å²) in [6, 6.07) is 14.2. The van der Waals surface area contributed by atoms with Gasteiger partial charge in [0.2, 0.25) is 0 Å². The van der Waals surface area contributed by atoms with Crippen molar-refractivity contribution in [3.05, 3.63) is 83.9 Å². The first-order chi connectivity index (χ1) is 16.4. The lowest BCUT2D eigenvalue weighted by Crippen LogP contribution is -2.43. The molecule has 178 valence electrons. The van der Waals surface area contributed by atoms with Crippen molar-refractivity contribution >= 4 is 23.3 Å². The lowest BCUT2D eigenvalue weighted by atomic mass is 10.2. The number of nitrogens with one attached hydrogen (secondary N) is 2. The molecule has 1 aromatic carbocycles. The van der Waals surface area contributed by atoms with Gasteiger partial charge in [0, 0.05) is 44.8 Å². The molecule has 0 fully saturated rings. The second-order valence-corrected chi connectivity index (χ2v) is 8.16. The van der Waals surface area contributed by atoms with Gasteiger partial charge >= 0.3 is 6.03 Å². The number of benzene rings is 1. The summed E-state index contributed by atoms with van der Waals surface area (Å²) in [6.07, 6.45) is 5.84. The molecule has 0 saturated heterocycles. The maximum Gasteiger partial charge on any atom is 0.317 e. The molecule has 3 aromatic rings. The number of aromatic nitrogens is 2. The molecular weight excluding hydrogens is 430 g/mol. The highest BCUT2D eigenvalue weighted by molar-refractivity contribution is 6.04. The van der Waals surface area contributed by atoms with Crippen molar-refractivity contribution < 1.29 is 9.59 Å². The van der Waals surface area contributed by atoms with Gasteiger partial charge in [-0.05, 0) is 62.0 Å². The van der Waals surface area contributed by atoms with E-state index in [-0.39, 0.29) is 17.6 Å². The number of nitrogens with zero attached hydrogens (tertiary/aromatic N) is 4. The van der Waals surface area contributed by atoms with E-state index in [2.05, 4.69) is 20.6 Å². The van der Waals surface area contributed by atoms with Crippen LogP contribution in [0, 0.1) is 0 Å². The van der Waals surface area contributed by atoms with E-state index in [1.807, 2.05) is 37.2 Å². The van der Waals surface area contributed by atoms with Crippen molar-refractivity contribution in [2.45, 2.75) is 13.0 Å². The molecule has 3 rings (SSSR count). The van der Waals surface area contributed by atoms with Gasteiger partial charge in [0.1, 0.15) is 5.69 Å². The first-order valence-electron chi connectivity index (χ1n) is 11.1. The molecule has 3 amide bonds. The summed E-state index contributed by atoms with van der Waals surface area (Å²) in [7, 11) is 3.93. The quantitative estimate of drug-likeness (QED) is 0.400. The summed E-state index contributed by atoms with van der Waals surface area (Å²) >= 11 is 0. The number of rotatable bonds is 10. The van der Waals surface area contributed by atoms with Crippen LogP contribution in [0.15, 0.2) is 67.1 Å². The van der Waals surface area contributed by atoms with Crippen LogP contribution in [-0.4, -0.2) is 65.4 Å². The third-order valence-corrected chi connectivity index (χ3v) is 5.18. The van der Waals surface area contributed by atoms with Crippen molar-refractivity contribution in [2.24, 2.45) is 0 Å². The lowest BCUT2D eigenvalue weighted by Gasteiger charge is -2.25.